The van der Waals surface area contributed by atoms with Gasteiger partial charge in [-0.2, -0.15) is 0 Å². The highest BCUT2D eigenvalue weighted by Gasteiger charge is 2.25. The number of carbonyl (C=O) groups is 1. The predicted molar refractivity (Wildman–Crippen MR) is 115 cm³/mol. The fourth-order valence-electron chi connectivity index (χ4n) is 3.97. The Morgan fingerprint density at radius 2 is 1.76 bits per heavy atom. The van der Waals surface area contributed by atoms with Crippen LogP contribution in [0.4, 0.5) is 10.1 Å². The Labute approximate surface area is 176 Å². The van der Waals surface area contributed by atoms with Crippen molar-refractivity contribution in [1.82, 2.24) is 9.80 Å². The highest BCUT2D eigenvalue weighted by molar-refractivity contribution is 6.30. The molecule has 4 rings (SSSR count). The van der Waals surface area contributed by atoms with Gasteiger partial charge in [0.2, 0.25) is 5.91 Å². The summed E-state index contributed by atoms with van der Waals surface area (Å²) in [6, 6.07) is 14.6. The first-order valence-corrected chi connectivity index (χ1v) is 10.4. The lowest BCUT2D eigenvalue weighted by Gasteiger charge is -2.37. The van der Waals surface area contributed by atoms with Crippen LogP contribution >= 0.6 is 11.6 Å². The van der Waals surface area contributed by atoms with E-state index in [4.69, 9.17) is 11.6 Å². The van der Waals surface area contributed by atoms with Gasteiger partial charge in [-0.05, 0) is 48.4 Å². The zero-order chi connectivity index (χ0) is 20.2. The van der Waals surface area contributed by atoms with Gasteiger partial charge in [-0.15, -0.1) is 0 Å². The van der Waals surface area contributed by atoms with Gasteiger partial charge in [0.1, 0.15) is 5.82 Å². The number of amides is 1. The first-order valence-electron chi connectivity index (χ1n) is 10.0. The van der Waals surface area contributed by atoms with Crippen LogP contribution in [-0.4, -0.2) is 55.0 Å². The molecule has 0 radical (unpaired) electrons. The van der Waals surface area contributed by atoms with Gasteiger partial charge in [0.25, 0.3) is 0 Å². The minimum atomic E-state index is -0.205. The summed E-state index contributed by atoms with van der Waals surface area (Å²) in [5.41, 5.74) is 3.01. The molecule has 1 saturated heterocycles. The maximum absolute atomic E-state index is 13.4. The van der Waals surface area contributed by atoms with E-state index in [0.29, 0.717) is 6.54 Å². The number of hydrogen-bond acceptors (Lipinski definition) is 3. The van der Waals surface area contributed by atoms with Crippen molar-refractivity contribution >= 4 is 23.2 Å². The zero-order valence-electron chi connectivity index (χ0n) is 16.4. The Kier molecular flexibility index (Phi) is 6.16. The average Bonchev–Trinajstić information content (AvgIpc) is 2.75. The first kappa shape index (κ1) is 19.9. The molecule has 29 heavy (non-hydrogen) atoms. The molecule has 152 valence electrons. The number of piperazine rings is 1. The Morgan fingerprint density at radius 3 is 2.41 bits per heavy atom. The van der Waals surface area contributed by atoms with E-state index in [9.17, 15) is 9.18 Å². The number of hydrogen-bond donors (Lipinski definition) is 0. The third kappa shape index (κ3) is 4.98. The van der Waals surface area contributed by atoms with E-state index in [1.54, 1.807) is 12.1 Å². The number of nitrogens with zero attached hydrogens (tertiary/aromatic N) is 3. The molecule has 0 aliphatic carbocycles. The molecule has 2 aliphatic heterocycles. The second-order valence-electron chi connectivity index (χ2n) is 7.60. The second-order valence-corrected chi connectivity index (χ2v) is 8.04. The van der Waals surface area contributed by atoms with Gasteiger partial charge in [-0.25, -0.2) is 4.39 Å². The molecule has 4 nitrogen and oxygen atoms in total. The van der Waals surface area contributed by atoms with E-state index in [0.717, 1.165) is 67.5 Å². The molecule has 0 unspecified atom stereocenters. The smallest absolute Gasteiger partial charge is 0.249 e. The Bertz CT molecular complexity index is 891. The van der Waals surface area contributed by atoms with Crippen LogP contribution in [0.1, 0.15) is 12.0 Å². The summed E-state index contributed by atoms with van der Waals surface area (Å²) in [5.74, 6) is -0.0465. The van der Waals surface area contributed by atoms with Gasteiger partial charge in [0.05, 0.1) is 0 Å². The van der Waals surface area contributed by atoms with Gasteiger partial charge in [0.15, 0.2) is 0 Å². The minimum absolute atomic E-state index is 0.158. The molecule has 1 fully saturated rings. The number of halogens is 2. The van der Waals surface area contributed by atoms with Gasteiger partial charge < -0.3 is 9.80 Å². The standard InChI is InChI=1S/C23H25ClFN3O/c24-20-4-6-22(7-5-20)27-12-14-28(15-13-27)23(29)19-8-10-26(11-9-19)17-18-2-1-3-21(25)16-18/h1-8,16H,9-15,17H2. The van der Waals surface area contributed by atoms with Crippen LogP contribution in [0.5, 0.6) is 0 Å². The van der Waals surface area contributed by atoms with E-state index >= 15 is 0 Å². The van der Waals surface area contributed by atoms with Crippen LogP contribution in [0.2, 0.25) is 5.02 Å². The van der Waals surface area contributed by atoms with Crippen molar-refractivity contribution in [3.05, 3.63) is 76.6 Å². The van der Waals surface area contributed by atoms with Crippen LogP contribution in [0.3, 0.4) is 0 Å². The molecule has 0 spiro atoms. The van der Waals surface area contributed by atoms with E-state index < -0.39 is 0 Å². The van der Waals surface area contributed by atoms with Gasteiger partial charge >= 0.3 is 0 Å². The third-order valence-electron chi connectivity index (χ3n) is 5.62. The maximum Gasteiger partial charge on any atom is 0.249 e. The molecule has 0 bridgehead atoms. The van der Waals surface area contributed by atoms with E-state index in [1.807, 2.05) is 41.3 Å². The molecule has 0 N–H and O–H groups in total. The summed E-state index contributed by atoms with van der Waals surface area (Å²) < 4.78 is 13.4. The van der Waals surface area contributed by atoms with Gasteiger partial charge in [0, 0.05) is 62.1 Å². The summed E-state index contributed by atoms with van der Waals surface area (Å²) in [6.07, 6.45) is 2.78. The number of rotatable bonds is 4. The number of anilines is 1. The fourth-order valence-corrected chi connectivity index (χ4v) is 4.09. The lowest BCUT2D eigenvalue weighted by molar-refractivity contribution is -0.127. The van der Waals surface area contributed by atoms with Crippen molar-refractivity contribution in [2.24, 2.45) is 0 Å². The molecule has 0 saturated carbocycles. The van der Waals surface area contributed by atoms with E-state index in [2.05, 4.69) is 9.80 Å². The summed E-state index contributed by atoms with van der Waals surface area (Å²) in [5, 5.41) is 0.734. The molecule has 2 aromatic rings. The summed E-state index contributed by atoms with van der Waals surface area (Å²) in [7, 11) is 0. The topological polar surface area (TPSA) is 26.8 Å². The van der Waals surface area contributed by atoms with Crippen molar-refractivity contribution < 1.29 is 9.18 Å². The molecule has 2 aliphatic rings. The number of benzene rings is 2. The molecular weight excluding hydrogens is 389 g/mol. The van der Waals surface area contributed by atoms with Crippen LogP contribution in [0, 0.1) is 5.82 Å². The largest absolute Gasteiger partial charge is 0.368 e. The molecule has 2 heterocycles. The second kappa shape index (κ2) is 8.97. The minimum Gasteiger partial charge on any atom is -0.368 e. The Balaban J connectivity index is 1.29. The average molecular weight is 414 g/mol. The number of carbonyl (C=O) groups excluding carboxylic acids is 1. The van der Waals surface area contributed by atoms with Crippen LogP contribution in [0.25, 0.3) is 0 Å². The third-order valence-corrected chi connectivity index (χ3v) is 5.87. The monoisotopic (exact) mass is 413 g/mol. The fraction of sp³-hybridized carbons (Fsp3) is 0.348. The quantitative estimate of drug-likeness (QED) is 0.759. The van der Waals surface area contributed by atoms with Crippen LogP contribution < -0.4 is 4.90 Å². The Hall–Kier alpha value is -2.37. The normalized spacial score (nSPS) is 17.9. The van der Waals surface area contributed by atoms with E-state index in [1.165, 1.54) is 6.07 Å². The van der Waals surface area contributed by atoms with Crippen LogP contribution in [-0.2, 0) is 11.3 Å². The molecule has 0 aromatic heterocycles. The lowest BCUT2D eigenvalue weighted by atomic mass is 10.1. The maximum atomic E-state index is 13.4. The molecule has 0 atom stereocenters. The zero-order valence-corrected chi connectivity index (χ0v) is 17.1. The SMILES string of the molecule is O=C(C1=CCN(Cc2cccc(F)c2)CC1)N1CCN(c2ccc(Cl)cc2)CC1. The van der Waals surface area contributed by atoms with Crippen LogP contribution in [0.15, 0.2) is 60.2 Å². The predicted octanol–water partition coefficient (Wildman–Crippen LogP) is 3.96. The van der Waals surface area contributed by atoms with Crippen molar-refractivity contribution in [3.63, 3.8) is 0 Å². The van der Waals surface area contributed by atoms with Crippen molar-refractivity contribution in [3.8, 4) is 0 Å². The molecule has 1 amide bonds. The lowest BCUT2D eigenvalue weighted by Crippen LogP contribution is -2.49. The van der Waals surface area contributed by atoms with Crippen molar-refractivity contribution in [1.29, 1.82) is 0 Å². The summed E-state index contributed by atoms with van der Waals surface area (Å²) >= 11 is 5.97. The Morgan fingerprint density at radius 1 is 1.00 bits per heavy atom. The molecule has 2 aromatic carbocycles. The molecule has 6 heteroatoms. The van der Waals surface area contributed by atoms with E-state index in [-0.39, 0.29) is 11.7 Å². The summed E-state index contributed by atoms with van der Waals surface area (Å²) in [6.45, 7) is 5.35. The van der Waals surface area contributed by atoms with Gasteiger partial charge in [-0.1, -0.05) is 29.8 Å². The first-order chi connectivity index (χ1) is 14.1. The summed E-state index contributed by atoms with van der Waals surface area (Å²) in [4.78, 5) is 19.4. The van der Waals surface area contributed by atoms with Crippen molar-refractivity contribution in [2.75, 3.05) is 44.2 Å². The molecular formula is C23H25ClFN3O. The highest BCUT2D eigenvalue weighted by Crippen LogP contribution is 2.21. The highest BCUT2D eigenvalue weighted by atomic mass is 35.5. The van der Waals surface area contributed by atoms with Gasteiger partial charge in [-0.3, -0.25) is 9.69 Å². The van der Waals surface area contributed by atoms with Crippen molar-refractivity contribution in [2.45, 2.75) is 13.0 Å².